The number of nitrogens with zero attached hydrogens (tertiary/aromatic N) is 1. The van der Waals surface area contributed by atoms with Gasteiger partial charge < -0.3 is 15.7 Å². The van der Waals surface area contributed by atoms with Crippen molar-refractivity contribution in [2.75, 3.05) is 18.0 Å². The Morgan fingerprint density at radius 1 is 1.12 bits per heavy atom. The minimum absolute atomic E-state index is 0.333. The molecule has 0 amide bonds. The van der Waals surface area contributed by atoms with Crippen LogP contribution in [0.2, 0.25) is 0 Å². The summed E-state index contributed by atoms with van der Waals surface area (Å²) in [6.07, 6.45) is 5.83. The van der Waals surface area contributed by atoms with Crippen molar-refractivity contribution in [3.8, 4) is 11.1 Å². The molecule has 0 aliphatic carbocycles. The van der Waals surface area contributed by atoms with Gasteiger partial charge in [0, 0.05) is 18.8 Å². The van der Waals surface area contributed by atoms with E-state index in [1.807, 2.05) is 24.3 Å². The average molecular weight is 322 g/mol. The normalized spacial score (nSPS) is 15.3. The summed E-state index contributed by atoms with van der Waals surface area (Å²) >= 11 is 0. The van der Waals surface area contributed by atoms with Gasteiger partial charge in [0.2, 0.25) is 0 Å². The van der Waals surface area contributed by atoms with Crippen molar-refractivity contribution in [1.29, 1.82) is 0 Å². The standard InChI is InChI=1S/C20H22N2O2/c21-19(20(23)24)13-15-6-4-7-16(12-15)17-8-5-9-18(14-17)22-10-2-1-3-11-22/h1-2,4-9,12,14,19H,3,10-11,13,21H2,(H,23,24). The van der Waals surface area contributed by atoms with E-state index in [9.17, 15) is 4.79 Å². The first-order valence-electron chi connectivity index (χ1n) is 8.21. The van der Waals surface area contributed by atoms with Crippen molar-refractivity contribution in [3.63, 3.8) is 0 Å². The van der Waals surface area contributed by atoms with E-state index in [0.29, 0.717) is 6.42 Å². The summed E-state index contributed by atoms with van der Waals surface area (Å²) in [5.74, 6) is -0.972. The van der Waals surface area contributed by atoms with Crippen LogP contribution in [0.3, 0.4) is 0 Å². The lowest BCUT2D eigenvalue weighted by atomic mass is 9.99. The highest BCUT2D eigenvalue weighted by molar-refractivity contribution is 5.74. The van der Waals surface area contributed by atoms with Crippen LogP contribution >= 0.6 is 0 Å². The molecule has 0 aromatic heterocycles. The predicted molar refractivity (Wildman–Crippen MR) is 97.2 cm³/mol. The smallest absolute Gasteiger partial charge is 0.320 e. The molecule has 0 radical (unpaired) electrons. The third kappa shape index (κ3) is 3.84. The van der Waals surface area contributed by atoms with Crippen molar-refractivity contribution in [2.45, 2.75) is 18.9 Å². The molecule has 3 N–H and O–H groups in total. The second-order valence-corrected chi connectivity index (χ2v) is 6.11. The fourth-order valence-electron chi connectivity index (χ4n) is 2.98. The van der Waals surface area contributed by atoms with Crippen molar-refractivity contribution >= 4 is 11.7 Å². The van der Waals surface area contributed by atoms with Crippen LogP contribution in [0.1, 0.15) is 12.0 Å². The van der Waals surface area contributed by atoms with Gasteiger partial charge in [0.15, 0.2) is 0 Å². The maximum Gasteiger partial charge on any atom is 0.320 e. The zero-order valence-corrected chi connectivity index (χ0v) is 13.6. The molecule has 1 aliphatic heterocycles. The Kier molecular flexibility index (Phi) is 4.96. The molecule has 1 unspecified atom stereocenters. The van der Waals surface area contributed by atoms with Gasteiger partial charge in [-0.2, -0.15) is 0 Å². The molecule has 1 atom stereocenters. The topological polar surface area (TPSA) is 66.6 Å². The Labute approximate surface area is 142 Å². The molecule has 3 rings (SSSR count). The molecule has 4 heteroatoms. The van der Waals surface area contributed by atoms with Crippen LogP contribution in [-0.2, 0) is 11.2 Å². The lowest BCUT2D eigenvalue weighted by Crippen LogP contribution is -2.32. The molecule has 4 nitrogen and oxygen atoms in total. The van der Waals surface area contributed by atoms with Gasteiger partial charge >= 0.3 is 5.97 Å². The van der Waals surface area contributed by atoms with E-state index in [-0.39, 0.29) is 0 Å². The summed E-state index contributed by atoms with van der Waals surface area (Å²) in [7, 11) is 0. The number of carbonyl (C=O) groups is 1. The fraction of sp³-hybridized carbons (Fsp3) is 0.250. The molecule has 0 fully saturated rings. The van der Waals surface area contributed by atoms with Crippen LogP contribution in [0.15, 0.2) is 60.7 Å². The number of rotatable bonds is 5. The van der Waals surface area contributed by atoms with Gasteiger partial charge in [-0.25, -0.2) is 0 Å². The van der Waals surface area contributed by atoms with Crippen LogP contribution < -0.4 is 10.6 Å². The van der Waals surface area contributed by atoms with E-state index in [1.54, 1.807) is 0 Å². The Bertz CT molecular complexity index is 755. The predicted octanol–water partition coefficient (Wildman–Crippen LogP) is 3.07. The summed E-state index contributed by atoms with van der Waals surface area (Å²) < 4.78 is 0. The maximum absolute atomic E-state index is 10.9. The number of carboxylic acids is 1. The van der Waals surface area contributed by atoms with E-state index >= 15 is 0 Å². The Morgan fingerprint density at radius 3 is 2.58 bits per heavy atom. The monoisotopic (exact) mass is 322 g/mol. The highest BCUT2D eigenvalue weighted by Crippen LogP contribution is 2.26. The molecule has 1 heterocycles. The molecular weight excluding hydrogens is 300 g/mol. The minimum atomic E-state index is -0.972. The lowest BCUT2D eigenvalue weighted by molar-refractivity contribution is -0.138. The highest BCUT2D eigenvalue weighted by Gasteiger charge is 2.13. The fourth-order valence-corrected chi connectivity index (χ4v) is 2.98. The number of hydrogen-bond donors (Lipinski definition) is 2. The van der Waals surface area contributed by atoms with Gasteiger partial charge in [0.25, 0.3) is 0 Å². The van der Waals surface area contributed by atoms with Crippen LogP contribution in [0.25, 0.3) is 11.1 Å². The first-order chi connectivity index (χ1) is 11.6. The van der Waals surface area contributed by atoms with Crippen molar-refractivity contribution in [2.24, 2.45) is 5.73 Å². The largest absolute Gasteiger partial charge is 0.480 e. The summed E-state index contributed by atoms with van der Waals surface area (Å²) in [5, 5.41) is 8.97. The van der Waals surface area contributed by atoms with Crippen molar-refractivity contribution in [3.05, 3.63) is 66.2 Å². The van der Waals surface area contributed by atoms with Gasteiger partial charge in [-0.1, -0.05) is 48.6 Å². The molecule has 124 valence electrons. The highest BCUT2D eigenvalue weighted by atomic mass is 16.4. The third-order valence-electron chi connectivity index (χ3n) is 4.30. The lowest BCUT2D eigenvalue weighted by Gasteiger charge is -2.26. The van der Waals surface area contributed by atoms with E-state index in [1.165, 1.54) is 5.69 Å². The molecule has 1 aliphatic rings. The van der Waals surface area contributed by atoms with E-state index in [2.05, 4.69) is 41.3 Å². The Morgan fingerprint density at radius 2 is 1.88 bits per heavy atom. The molecule has 2 aromatic carbocycles. The molecule has 24 heavy (non-hydrogen) atoms. The van der Waals surface area contributed by atoms with Crippen LogP contribution in [-0.4, -0.2) is 30.2 Å². The number of hydrogen-bond acceptors (Lipinski definition) is 3. The van der Waals surface area contributed by atoms with Gasteiger partial charge in [-0.3, -0.25) is 4.79 Å². The number of benzene rings is 2. The second kappa shape index (κ2) is 7.32. The van der Waals surface area contributed by atoms with Crippen LogP contribution in [0, 0.1) is 0 Å². The first kappa shape index (κ1) is 16.3. The number of aliphatic carboxylic acids is 1. The number of carboxylic acid groups (broad SMARTS) is 1. The zero-order valence-electron chi connectivity index (χ0n) is 13.6. The van der Waals surface area contributed by atoms with Crippen LogP contribution in [0.4, 0.5) is 5.69 Å². The molecule has 0 spiro atoms. The number of nitrogens with two attached hydrogens (primary N) is 1. The minimum Gasteiger partial charge on any atom is -0.480 e. The third-order valence-corrected chi connectivity index (χ3v) is 4.30. The molecule has 0 saturated carbocycles. The summed E-state index contributed by atoms with van der Waals surface area (Å²) in [6.45, 7) is 1.98. The summed E-state index contributed by atoms with van der Waals surface area (Å²) in [5.41, 5.74) is 10.0. The van der Waals surface area contributed by atoms with Crippen LogP contribution in [0.5, 0.6) is 0 Å². The SMILES string of the molecule is NC(Cc1cccc(-c2cccc(N3CC=CCC3)c2)c1)C(=O)O. The summed E-state index contributed by atoms with van der Waals surface area (Å²) in [6, 6.07) is 15.6. The molecule has 0 bridgehead atoms. The van der Waals surface area contributed by atoms with Gasteiger partial charge in [-0.15, -0.1) is 0 Å². The Hall–Kier alpha value is -2.59. The maximum atomic E-state index is 10.9. The number of anilines is 1. The second-order valence-electron chi connectivity index (χ2n) is 6.11. The van der Waals surface area contributed by atoms with Gasteiger partial charge in [-0.05, 0) is 41.7 Å². The van der Waals surface area contributed by atoms with Crippen molar-refractivity contribution in [1.82, 2.24) is 0 Å². The van der Waals surface area contributed by atoms with E-state index in [0.717, 1.165) is 36.2 Å². The van der Waals surface area contributed by atoms with E-state index < -0.39 is 12.0 Å². The summed E-state index contributed by atoms with van der Waals surface area (Å²) in [4.78, 5) is 13.3. The Balaban J connectivity index is 1.83. The van der Waals surface area contributed by atoms with Crippen molar-refractivity contribution < 1.29 is 9.90 Å². The van der Waals surface area contributed by atoms with E-state index in [4.69, 9.17) is 10.8 Å². The van der Waals surface area contributed by atoms with Gasteiger partial charge in [0.1, 0.15) is 6.04 Å². The first-order valence-corrected chi connectivity index (χ1v) is 8.21. The van der Waals surface area contributed by atoms with Gasteiger partial charge in [0.05, 0.1) is 0 Å². The average Bonchev–Trinajstić information content (AvgIpc) is 2.63. The zero-order chi connectivity index (χ0) is 16.9. The quantitative estimate of drug-likeness (QED) is 0.830. The molecule has 2 aromatic rings. The molecule has 0 saturated heterocycles. The molecular formula is C20H22N2O2.